The molecule has 0 heterocycles. The fraction of sp³-hybridized carbons (Fsp3) is 0.684. The second kappa shape index (κ2) is 33.7. The molecule has 300 valence electrons. The van der Waals surface area contributed by atoms with Crippen LogP contribution in [-0.2, 0) is 19.2 Å². The summed E-state index contributed by atoms with van der Waals surface area (Å²) in [5, 5.41) is 61.6. The van der Waals surface area contributed by atoms with Crippen LogP contribution in [0.3, 0.4) is 0 Å². The molecular weight excluding hydrogens is 721 g/mol. The number of amides is 1. The zero-order chi connectivity index (χ0) is 38.7. The summed E-state index contributed by atoms with van der Waals surface area (Å²) >= 11 is 0. The van der Waals surface area contributed by atoms with Crippen LogP contribution in [0.5, 0.6) is 0 Å². The van der Waals surface area contributed by atoms with Crippen LogP contribution < -0.4 is 72.9 Å². The number of hydrogen-bond donors (Lipinski definition) is 8. The van der Waals surface area contributed by atoms with Crippen molar-refractivity contribution in [3.05, 3.63) is 31.2 Å². The molecule has 0 aliphatic rings. The van der Waals surface area contributed by atoms with E-state index in [4.69, 9.17) is 5.11 Å². The molecule has 0 saturated carbocycles. The molecule has 1 rings (SSSR count). The topological polar surface area (TPSA) is 231 Å². The average molecular weight is 787 g/mol. The number of nitrogens with one attached hydrogen (secondary N) is 2. The first-order valence-electron chi connectivity index (χ1n) is 19.2. The number of aliphatic carboxylic acids is 2. The maximum atomic E-state index is 12.4. The van der Waals surface area contributed by atoms with Gasteiger partial charge in [-0.3, -0.25) is 24.0 Å². The maximum absolute atomic E-state index is 12.4. The molecule has 16 heteroatoms. The first kappa shape index (κ1) is 54.6. The van der Waals surface area contributed by atoms with Gasteiger partial charge in [-0.25, -0.2) is 0 Å². The minimum Gasteiger partial charge on any atom is -0.481 e. The third-order valence-electron chi connectivity index (χ3n) is 9.44. The molecule has 0 bridgehead atoms. The molecular formula is C38H65B2KN2O11. The molecule has 13 nitrogen and oxygen atoms in total. The van der Waals surface area contributed by atoms with Crippen molar-refractivity contribution < 1.29 is 106 Å². The van der Waals surface area contributed by atoms with Crippen LogP contribution in [-0.4, -0.2) is 93.6 Å². The number of carboxylic acids is 2. The van der Waals surface area contributed by atoms with Gasteiger partial charge in [0.25, 0.3) is 5.91 Å². The van der Waals surface area contributed by atoms with Crippen molar-refractivity contribution >= 4 is 54.6 Å². The quantitative estimate of drug-likeness (QED) is 0.0274. The van der Waals surface area contributed by atoms with E-state index in [-0.39, 0.29) is 106 Å². The second-order valence-corrected chi connectivity index (χ2v) is 13.9. The van der Waals surface area contributed by atoms with E-state index in [2.05, 4.69) is 10.6 Å². The molecule has 2 atom stereocenters. The summed E-state index contributed by atoms with van der Waals surface area (Å²) in [7, 11) is -2.05. The van der Waals surface area contributed by atoms with Crippen LogP contribution in [0.2, 0.25) is 0 Å². The fourth-order valence-corrected chi connectivity index (χ4v) is 6.19. The first-order valence-corrected chi connectivity index (χ1v) is 19.2. The van der Waals surface area contributed by atoms with Crippen molar-refractivity contribution in [3.8, 4) is 0 Å². The van der Waals surface area contributed by atoms with Gasteiger partial charge in [0.1, 0.15) is 17.6 Å². The van der Waals surface area contributed by atoms with Crippen LogP contribution in [0, 0.1) is 13.3 Å². The fourth-order valence-electron chi connectivity index (χ4n) is 6.19. The number of carboxylic acid groups (broad SMARTS) is 2. The Bertz CT molecular complexity index is 1200. The van der Waals surface area contributed by atoms with Gasteiger partial charge in [-0.15, -0.1) is 0 Å². The number of rotatable bonds is 33. The van der Waals surface area contributed by atoms with E-state index in [9.17, 15) is 49.2 Å². The normalized spacial score (nSPS) is 11.8. The molecule has 0 aromatic heterocycles. The van der Waals surface area contributed by atoms with Crippen LogP contribution in [0.25, 0.3) is 0 Å². The first-order chi connectivity index (χ1) is 24.8. The number of hydrogen-bond acceptors (Lipinski definition) is 10. The average Bonchev–Trinajstić information content (AvgIpc) is 3.10. The molecule has 0 spiro atoms. The summed E-state index contributed by atoms with van der Waals surface area (Å²) in [6.07, 6.45) is 17.2. The predicted octanol–water partition coefficient (Wildman–Crippen LogP) is 0.324. The minimum absolute atomic E-state index is 0. The summed E-state index contributed by atoms with van der Waals surface area (Å²) in [6.45, 7) is 0.473. The van der Waals surface area contributed by atoms with Gasteiger partial charge in [-0.2, -0.15) is 0 Å². The van der Waals surface area contributed by atoms with Gasteiger partial charge >= 0.3 is 77.6 Å². The van der Waals surface area contributed by atoms with Crippen molar-refractivity contribution in [2.45, 2.75) is 147 Å². The van der Waals surface area contributed by atoms with Crippen molar-refractivity contribution in [2.24, 2.45) is 5.92 Å². The second-order valence-electron chi connectivity index (χ2n) is 13.9. The van der Waals surface area contributed by atoms with Crippen molar-refractivity contribution in [2.75, 3.05) is 13.6 Å². The van der Waals surface area contributed by atoms with Gasteiger partial charge in [-0.05, 0) is 62.2 Å². The molecule has 0 aliphatic heterocycles. The van der Waals surface area contributed by atoms with E-state index in [1.54, 1.807) is 7.05 Å². The molecule has 8 N–H and O–H groups in total. The minimum atomic E-state index is -1.83. The summed E-state index contributed by atoms with van der Waals surface area (Å²) in [5.74, 6) is -3.27. The van der Waals surface area contributed by atoms with Crippen LogP contribution >= 0.6 is 0 Å². The third kappa shape index (κ3) is 26.4. The Morgan fingerprint density at radius 2 is 1.04 bits per heavy atom. The predicted molar refractivity (Wildman–Crippen MR) is 208 cm³/mol. The Labute approximate surface area is 365 Å². The Kier molecular flexibility index (Phi) is 34.1. The van der Waals surface area contributed by atoms with E-state index in [0.29, 0.717) is 38.6 Å². The van der Waals surface area contributed by atoms with E-state index < -0.39 is 44.0 Å². The Morgan fingerprint density at radius 3 is 1.48 bits per heavy atom. The number of likely N-dealkylation sites (N-methyl/N-ethyl adjacent to an activating group) is 1. The molecule has 0 fully saturated rings. The molecule has 0 aliphatic carbocycles. The summed E-state index contributed by atoms with van der Waals surface area (Å²) in [5.41, 5.74) is 0.151. The Morgan fingerprint density at radius 1 is 0.593 bits per heavy atom. The number of carbonyl (C=O) groups is 5. The molecule has 1 aromatic carbocycles. The smallest absolute Gasteiger partial charge is 0.481 e. The number of Topliss-reactive ketones (excluding diaryl/α,β-unsaturated/α-hetero) is 2. The maximum Gasteiger partial charge on any atom is 1.00 e. The van der Waals surface area contributed by atoms with E-state index in [1.165, 1.54) is 37.5 Å². The van der Waals surface area contributed by atoms with E-state index in [1.807, 2.05) is 0 Å². The van der Waals surface area contributed by atoms with Gasteiger partial charge in [0, 0.05) is 37.8 Å². The molecule has 1 aromatic rings. The standard InChI is InChI=1S/C37H62B2N2O11.CH3.K/c1-40-34(37(47)48)20-16-13-15-18-32(42)22-21-28(36(45)46)26-33(43)19-14-11-9-7-5-3-2-4-6-8-10-12-17-23-41-35(44)29-24-30(38(49)50)27-31(25-29)39(51)52;;/h24-25,27-28,34,40,49-52H,2-23,26H2,1H3,(H,41,44)(H,45,46)(H,47,48);1H3;/q;-1;+1/t28-,34+;;/m1../s1. The largest absolute Gasteiger partial charge is 1.00 e. The molecule has 54 heavy (non-hydrogen) atoms. The molecule has 0 saturated heterocycles. The summed E-state index contributed by atoms with van der Waals surface area (Å²) in [4.78, 5) is 59.7. The Hall–Kier alpha value is -1.46. The van der Waals surface area contributed by atoms with E-state index >= 15 is 0 Å². The number of carbonyl (C=O) groups excluding carboxylic acids is 3. The SMILES string of the molecule is CN[C@@H](CCCCCC(=O)CC[C@H](CC(=O)CCCCCCCCCCCCCCCNC(=O)c1cc(B(O)O)cc(B(O)O)c1)C(=O)O)C(=O)O.[CH3-].[K+]. The molecule has 0 unspecified atom stereocenters. The zero-order valence-electron chi connectivity index (χ0n) is 33.0. The Balaban J connectivity index is 0. The van der Waals surface area contributed by atoms with Crippen molar-refractivity contribution in [1.29, 1.82) is 0 Å². The molecule has 1 amide bonds. The summed E-state index contributed by atoms with van der Waals surface area (Å²) < 4.78 is 0. The number of unbranched alkanes of at least 4 members (excludes halogenated alkanes) is 14. The van der Waals surface area contributed by atoms with Crippen molar-refractivity contribution in [1.82, 2.24) is 10.6 Å². The monoisotopic (exact) mass is 786 g/mol. The van der Waals surface area contributed by atoms with Gasteiger partial charge < -0.3 is 48.4 Å². The zero-order valence-corrected chi connectivity index (χ0v) is 36.2. The van der Waals surface area contributed by atoms with Gasteiger partial charge in [0.05, 0.1) is 5.92 Å². The van der Waals surface area contributed by atoms with Gasteiger partial charge in [0.15, 0.2) is 0 Å². The van der Waals surface area contributed by atoms with Crippen LogP contribution in [0.4, 0.5) is 0 Å². The third-order valence-corrected chi connectivity index (χ3v) is 9.44. The molecule has 0 radical (unpaired) electrons. The van der Waals surface area contributed by atoms with E-state index in [0.717, 1.165) is 70.6 Å². The van der Waals surface area contributed by atoms with Crippen LogP contribution in [0.15, 0.2) is 18.2 Å². The summed E-state index contributed by atoms with van der Waals surface area (Å²) in [6, 6.07) is 3.25. The number of ketones is 2. The van der Waals surface area contributed by atoms with Gasteiger partial charge in [0.2, 0.25) is 0 Å². The van der Waals surface area contributed by atoms with Crippen LogP contribution in [0.1, 0.15) is 152 Å². The van der Waals surface area contributed by atoms with Gasteiger partial charge in [-0.1, -0.05) is 89.5 Å². The number of benzene rings is 1. The van der Waals surface area contributed by atoms with Crippen molar-refractivity contribution in [3.63, 3.8) is 0 Å².